The second kappa shape index (κ2) is 8.87. The average molecular weight is 280 g/mol. The van der Waals surface area contributed by atoms with Gasteiger partial charge in [0, 0.05) is 6.20 Å². The molecule has 1 rings (SSSR count). The van der Waals surface area contributed by atoms with Crippen molar-refractivity contribution >= 4 is 17.7 Å². The molecule has 0 aliphatic rings. The molecule has 7 nitrogen and oxygen atoms in total. The normalized spacial score (nSPS) is 10.2. The van der Waals surface area contributed by atoms with Crippen LogP contribution < -0.4 is 10.9 Å². The van der Waals surface area contributed by atoms with Crippen LogP contribution in [0.15, 0.2) is 24.4 Å². The Bertz CT molecular complexity index is 425. The molecule has 0 bridgehead atoms. The minimum absolute atomic E-state index is 0.0986. The molecule has 1 heterocycles. The number of esters is 1. The standard InChI is InChI=1S/C13H20N4O3/c1-3-8-17(10-13(19)20-2)9-12(18)16-15-11-6-4-5-7-14-11/h4-7H,3,8-10H2,1-2H3,(H,14,15)(H,16,18). The van der Waals surface area contributed by atoms with Crippen molar-refractivity contribution < 1.29 is 14.3 Å². The molecular formula is C13H20N4O3. The van der Waals surface area contributed by atoms with E-state index in [0.717, 1.165) is 6.42 Å². The zero-order valence-corrected chi connectivity index (χ0v) is 11.8. The topological polar surface area (TPSA) is 83.6 Å². The highest BCUT2D eigenvalue weighted by molar-refractivity contribution is 5.80. The van der Waals surface area contributed by atoms with Gasteiger partial charge < -0.3 is 4.74 Å². The molecule has 0 radical (unpaired) electrons. The third-order valence-electron chi connectivity index (χ3n) is 2.48. The van der Waals surface area contributed by atoms with Crippen molar-refractivity contribution in [1.29, 1.82) is 0 Å². The van der Waals surface area contributed by atoms with Crippen molar-refractivity contribution in [3.8, 4) is 0 Å². The van der Waals surface area contributed by atoms with Gasteiger partial charge in [0.25, 0.3) is 5.91 Å². The number of carbonyl (C=O) groups excluding carboxylic acids is 2. The maximum absolute atomic E-state index is 11.8. The molecule has 20 heavy (non-hydrogen) atoms. The largest absolute Gasteiger partial charge is 0.468 e. The number of rotatable bonds is 8. The number of ether oxygens (including phenoxy) is 1. The van der Waals surface area contributed by atoms with E-state index >= 15 is 0 Å². The van der Waals surface area contributed by atoms with Gasteiger partial charge in [0.05, 0.1) is 20.2 Å². The van der Waals surface area contributed by atoms with Crippen LogP contribution in [0.4, 0.5) is 5.82 Å². The quantitative estimate of drug-likeness (QED) is 0.530. The van der Waals surface area contributed by atoms with Gasteiger partial charge in [0.1, 0.15) is 5.82 Å². The lowest BCUT2D eigenvalue weighted by molar-refractivity contribution is -0.142. The van der Waals surface area contributed by atoms with Gasteiger partial charge >= 0.3 is 5.97 Å². The summed E-state index contributed by atoms with van der Waals surface area (Å²) < 4.78 is 4.60. The lowest BCUT2D eigenvalue weighted by Gasteiger charge is -2.19. The third-order valence-corrected chi connectivity index (χ3v) is 2.48. The average Bonchev–Trinajstić information content (AvgIpc) is 2.46. The van der Waals surface area contributed by atoms with Gasteiger partial charge in [-0.2, -0.15) is 0 Å². The Morgan fingerprint density at radius 1 is 1.35 bits per heavy atom. The van der Waals surface area contributed by atoms with Crippen molar-refractivity contribution in [2.24, 2.45) is 0 Å². The first-order chi connectivity index (χ1) is 9.65. The maximum atomic E-state index is 11.8. The van der Waals surface area contributed by atoms with Crippen molar-refractivity contribution in [3.63, 3.8) is 0 Å². The van der Waals surface area contributed by atoms with Gasteiger partial charge in [-0.05, 0) is 25.1 Å². The Balaban J connectivity index is 2.39. The molecule has 0 saturated carbocycles. The predicted octanol–water partition coefficient (Wildman–Crippen LogP) is 0.410. The highest BCUT2D eigenvalue weighted by atomic mass is 16.5. The van der Waals surface area contributed by atoms with Crippen molar-refractivity contribution in [1.82, 2.24) is 15.3 Å². The third kappa shape index (κ3) is 6.14. The van der Waals surface area contributed by atoms with E-state index in [1.165, 1.54) is 7.11 Å². The van der Waals surface area contributed by atoms with Crippen LogP contribution in [-0.4, -0.2) is 48.5 Å². The maximum Gasteiger partial charge on any atom is 0.319 e. The van der Waals surface area contributed by atoms with Crippen LogP contribution in [0.2, 0.25) is 0 Å². The summed E-state index contributed by atoms with van der Waals surface area (Å²) in [5, 5.41) is 0. The van der Waals surface area contributed by atoms with Crippen LogP contribution >= 0.6 is 0 Å². The molecule has 0 aliphatic carbocycles. The number of anilines is 1. The fraction of sp³-hybridized carbons (Fsp3) is 0.462. The minimum Gasteiger partial charge on any atom is -0.468 e. The Labute approximate surface area is 118 Å². The molecule has 0 unspecified atom stereocenters. The molecule has 2 N–H and O–H groups in total. The van der Waals surface area contributed by atoms with Crippen LogP contribution in [0, 0.1) is 0 Å². The number of nitrogens with zero attached hydrogens (tertiary/aromatic N) is 2. The molecule has 0 aliphatic heterocycles. The lowest BCUT2D eigenvalue weighted by Crippen LogP contribution is -2.42. The zero-order valence-electron chi connectivity index (χ0n) is 11.8. The monoisotopic (exact) mass is 280 g/mol. The molecule has 110 valence electrons. The highest BCUT2D eigenvalue weighted by Crippen LogP contribution is 1.97. The minimum atomic E-state index is -0.357. The van der Waals surface area contributed by atoms with E-state index in [-0.39, 0.29) is 25.0 Å². The predicted molar refractivity (Wildman–Crippen MR) is 74.7 cm³/mol. The van der Waals surface area contributed by atoms with Crippen LogP contribution in [0.1, 0.15) is 13.3 Å². The highest BCUT2D eigenvalue weighted by Gasteiger charge is 2.13. The molecule has 1 aromatic rings. The number of hydrazine groups is 1. The molecule has 1 aromatic heterocycles. The summed E-state index contributed by atoms with van der Waals surface area (Å²) in [6.07, 6.45) is 2.47. The van der Waals surface area contributed by atoms with Crippen molar-refractivity contribution in [3.05, 3.63) is 24.4 Å². The van der Waals surface area contributed by atoms with Gasteiger partial charge in [-0.1, -0.05) is 13.0 Å². The fourth-order valence-corrected chi connectivity index (χ4v) is 1.59. The zero-order chi connectivity index (χ0) is 14.8. The first-order valence-corrected chi connectivity index (χ1v) is 6.40. The Kier molecular flexibility index (Phi) is 7.05. The molecule has 0 saturated heterocycles. The second-order valence-electron chi connectivity index (χ2n) is 4.17. The summed E-state index contributed by atoms with van der Waals surface area (Å²) >= 11 is 0. The smallest absolute Gasteiger partial charge is 0.319 e. The van der Waals surface area contributed by atoms with Gasteiger partial charge in [0.2, 0.25) is 0 Å². The van der Waals surface area contributed by atoms with Crippen LogP contribution in [0.3, 0.4) is 0 Å². The van der Waals surface area contributed by atoms with Gasteiger partial charge in [-0.3, -0.25) is 25.3 Å². The first-order valence-electron chi connectivity index (χ1n) is 6.40. The fourth-order valence-electron chi connectivity index (χ4n) is 1.59. The molecule has 0 atom stereocenters. The summed E-state index contributed by atoms with van der Waals surface area (Å²) in [6.45, 7) is 2.84. The molecular weight excluding hydrogens is 260 g/mol. The van der Waals surface area contributed by atoms with E-state index in [1.807, 2.05) is 13.0 Å². The van der Waals surface area contributed by atoms with Crippen LogP contribution in [-0.2, 0) is 14.3 Å². The van der Waals surface area contributed by atoms with E-state index in [2.05, 4.69) is 20.6 Å². The molecule has 0 spiro atoms. The Morgan fingerprint density at radius 2 is 2.15 bits per heavy atom. The van der Waals surface area contributed by atoms with Gasteiger partial charge in [-0.15, -0.1) is 0 Å². The lowest BCUT2D eigenvalue weighted by atomic mass is 10.4. The number of hydrogen-bond donors (Lipinski definition) is 2. The summed E-state index contributed by atoms with van der Waals surface area (Å²) in [6, 6.07) is 5.33. The van der Waals surface area contributed by atoms with Crippen LogP contribution in [0.25, 0.3) is 0 Å². The summed E-state index contributed by atoms with van der Waals surface area (Å²) in [5.74, 6) is -0.0483. The van der Waals surface area contributed by atoms with Crippen molar-refractivity contribution in [2.45, 2.75) is 13.3 Å². The second-order valence-corrected chi connectivity index (χ2v) is 4.17. The van der Waals surface area contributed by atoms with Gasteiger partial charge in [-0.25, -0.2) is 4.98 Å². The van der Waals surface area contributed by atoms with E-state index in [0.29, 0.717) is 12.4 Å². The molecule has 0 fully saturated rings. The number of pyridine rings is 1. The van der Waals surface area contributed by atoms with E-state index < -0.39 is 0 Å². The Morgan fingerprint density at radius 3 is 2.75 bits per heavy atom. The molecule has 7 heteroatoms. The number of hydrogen-bond acceptors (Lipinski definition) is 6. The molecule has 1 amide bonds. The number of amides is 1. The Hall–Kier alpha value is -2.15. The summed E-state index contributed by atoms with van der Waals surface area (Å²) in [5.41, 5.74) is 5.24. The number of methoxy groups -OCH3 is 1. The van der Waals surface area contributed by atoms with E-state index in [9.17, 15) is 9.59 Å². The van der Waals surface area contributed by atoms with Gasteiger partial charge in [0.15, 0.2) is 0 Å². The van der Waals surface area contributed by atoms with E-state index in [1.54, 1.807) is 23.2 Å². The number of carbonyl (C=O) groups is 2. The van der Waals surface area contributed by atoms with Crippen LogP contribution in [0.5, 0.6) is 0 Å². The first kappa shape index (κ1) is 15.9. The van der Waals surface area contributed by atoms with E-state index in [4.69, 9.17) is 0 Å². The van der Waals surface area contributed by atoms with Crippen molar-refractivity contribution in [2.75, 3.05) is 32.2 Å². The molecule has 0 aromatic carbocycles. The summed E-state index contributed by atoms with van der Waals surface area (Å²) in [4.78, 5) is 28.8. The SMILES string of the molecule is CCCN(CC(=O)NNc1ccccn1)CC(=O)OC. The summed E-state index contributed by atoms with van der Waals surface area (Å²) in [7, 11) is 1.33. The number of aromatic nitrogens is 1. The number of nitrogens with one attached hydrogen (secondary N) is 2.